The van der Waals surface area contributed by atoms with E-state index in [-0.39, 0.29) is 6.54 Å². The van der Waals surface area contributed by atoms with Crippen molar-refractivity contribution in [2.75, 3.05) is 20.7 Å². The maximum atomic E-state index is 13.1. The number of hydrogen-bond donors (Lipinski definition) is 0. The summed E-state index contributed by atoms with van der Waals surface area (Å²) in [6, 6.07) is 17.3. The number of amides is 2. The lowest BCUT2D eigenvalue weighted by Gasteiger charge is -2.30. The normalized spacial score (nSPS) is 12.7. The molecule has 35 heavy (non-hydrogen) atoms. The van der Waals surface area contributed by atoms with Crippen LogP contribution in [0.3, 0.4) is 0 Å². The van der Waals surface area contributed by atoms with E-state index in [1.807, 2.05) is 61.5 Å². The molecule has 0 N–H and O–H groups in total. The molecule has 0 saturated carbocycles. The van der Waals surface area contributed by atoms with Gasteiger partial charge in [-0.3, -0.25) is 9.59 Å². The Hall–Kier alpha value is -2.84. The third-order valence-electron chi connectivity index (χ3n) is 6.00. The summed E-state index contributed by atoms with van der Waals surface area (Å²) < 4.78 is 13.2. The van der Waals surface area contributed by atoms with Crippen LogP contribution in [0.25, 0.3) is 0 Å². The van der Waals surface area contributed by atoms with Crippen molar-refractivity contribution in [3.05, 3.63) is 85.8 Å². The van der Waals surface area contributed by atoms with Crippen molar-refractivity contribution in [3.8, 4) is 17.2 Å². The van der Waals surface area contributed by atoms with Crippen molar-refractivity contribution in [1.29, 1.82) is 0 Å². The molecule has 1 aliphatic heterocycles. The Morgan fingerprint density at radius 2 is 1.77 bits per heavy atom. The number of carbonyl (C=O) groups excluding carboxylic acids is 2. The van der Waals surface area contributed by atoms with Gasteiger partial charge in [0.15, 0.2) is 0 Å². The lowest BCUT2D eigenvalue weighted by Crippen LogP contribution is -2.45. The second-order valence-electron chi connectivity index (χ2n) is 8.55. The van der Waals surface area contributed by atoms with E-state index in [0.29, 0.717) is 31.0 Å². The molecule has 0 fully saturated rings. The van der Waals surface area contributed by atoms with Crippen LogP contribution in [-0.2, 0) is 29.1 Å². The van der Waals surface area contributed by atoms with Gasteiger partial charge in [-0.1, -0.05) is 55.6 Å². The molecule has 4 rings (SSSR count). The topological polar surface area (TPSA) is 59.1 Å². The van der Waals surface area contributed by atoms with E-state index in [2.05, 4.69) is 31.9 Å². The van der Waals surface area contributed by atoms with Gasteiger partial charge in [-0.25, -0.2) is 0 Å². The first-order valence-electron chi connectivity index (χ1n) is 11.2. The predicted molar refractivity (Wildman–Crippen MR) is 142 cm³/mol. The fraction of sp³-hybridized carbons (Fsp3) is 0.259. The van der Waals surface area contributed by atoms with Crippen LogP contribution in [0, 0.1) is 6.92 Å². The molecule has 2 amide bonds. The van der Waals surface area contributed by atoms with Gasteiger partial charge in [0.2, 0.25) is 0 Å². The molecule has 0 radical (unpaired) electrons. The minimum Gasteiger partial charge on any atom is -0.497 e. The third kappa shape index (κ3) is 5.87. The van der Waals surface area contributed by atoms with Crippen molar-refractivity contribution < 1.29 is 19.1 Å². The quantitative estimate of drug-likeness (QED) is 0.344. The molecule has 0 aromatic heterocycles. The standard InChI is InChI=1S/C27H26Br2N2O4/c1-17-4-8-21(9-5-17)35-25-13-20(28)7-6-19(25)15-30(2)26(32)27(33)31-11-10-18-12-22(34-3)14-24(29)23(18)16-31/h4-9,12-14H,10-11,15-16H2,1-3H3. The van der Waals surface area contributed by atoms with Gasteiger partial charge in [0.1, 0.15) is 17.2 Å². The van der Waals surface area contributed by atoms with Crippen molar-refractivity contribution in [2.45, 2.75) is 26.4 Å². The van der Waals surface area contributed by atoms with Crippen molar-refractivity contribution in [2.24, 2.45) is 0 Å². The smallest absolute Gasteiger partial charge is 0.312 e. The lowest BCUT2D eigenvalue weighted by atomic mass is 9.99. The molecule has 0 bridgehead atoms. The Kier molecular flexibility index (Phi) is 7.82. The van der Waals surface area contributed by atoms with Crippen LogP contribution in [0.1, 0.15) is 22.3 Å². The van der Waals surface area contributed by atoms with Gasteiger partial charge in [-0.15, -0.1) is 0 Å². The van der Waals surface area contributed by atoms with Crippen LogP contribution in [0.5, 0.6) is 17.2 Å². The second-order valence-corrected chi connectivity index (χ2v) is 10.3. The Bertz CT molecular complexity index is 1260. The molecule has 3 aromatic carbocycles. The summed E-state index contributed by atoms with van der Waals surface area (Å²) in [6.07, 6.45) is 0.662. The minimum absolute atomic E-state index is 0.240. The van der Waals surface area contributed by atoms with E-state index < -0.39 is 11.8 Å². The van der Waals surface area contributed by atoms with E-state index in [1.165, 1.54) is 4.90 Å². The van der Waals surface area contributed by atoms with Crippen LogP contribution in [0.4, 0.5) is 0 Å². The molecule has 0 spiro atoms. The zero-order valence-corrected chi connectivity index (χ0v) is 23.0. The van der Waals surface area contributed by atoms with E-state index in [9.17, 15) is 9.59 Å². The number of hydrogen-bond acceptors (Lipinski definition) is 4. The number of benzene rings is 3. The molecule has 1 heterocycles. The Balaban J connectivity index is 1.47. The summed E-state index contributed by atoms with van der Waals surface area (Å²) in [5.41, 5.74) is 4.06. The highest BCUT2D eigenvalue weighted by atomic mass is 79.9. The van der Waals surface area contributed by atoms with Crippen LogP contribution in [-0.4, -0.2) is 42.3 Å². The molecule has 0 saturated heterocycles. The number of fused-ring (bicyclic) bond motifs is 1. The first-order valence-corrected chi connectivity index (χ1v) is 12.8. The largest absolute Gasteiger partial charge is 0.497 e. The number of carbonyl (C=O) groups is 2. The average molecular weight is 602 g/mol. The van der Waals surface area contributed by atoms with E-state index in [4.69, 9.17) is 9.47 Å². The first-order chi connectivity index (χ1) is 16.7. The summed E-state index contributed by atoms with van der Waals surface area (Å²) >= 11 is 7.06. The van der Waals surface area contributed by atoms with Crippen molar-refractivity contribution >= 4 is 43.7 Å². The van der Waals surface area contributed by atoms with Gasteiger partial charge in [-0.2, -0.15) is 0 Å². The fourth-order valence-corrected chi connectivity index (χ4v) is 4.94. The maximum Gasteiger partial charge on any atom is 0.312 e. The highest BCUT2D eigenvalue weighted by Crippen LogP contribution is 2.32. The second kappa shape index (κ2) is 10.8. The summed E-state index contributed by atoms with van der Waals surface area (Å²) in [5.74, 6) is 1.03. The fourth-order valence-electron chi connectivity index (χ4n) is 4.00. The lowest BCUT2D eigenvalue weighted by molar-refractivity contribution is -0.151. The van der Waals surface area contributed by atoms with E-state index in [1.54, 1.807) is 19.1 Å². The highest BCUT2D eigenvalue weighted by Gasteiger charge is 2.29. The summed E-state index contributed by atoms with van der Waals surface area (Å²) in [5, 5.41) is 0. The number of nitrogens with zero attached hydrogens (tertiary/aromatic N) is 2. The van der Waals surface area contributed by atoms with Crippen molar-refractivity contribution in [3.63, 3.8) is 0 Å². The first kappa shape index (κ1) is 25.3. The molecule has 0 aliphatic carbocycles. The van der Waals surface area contributed by atoms with Crippen LogP contribution in [0.15, 0.2) is 63.5 Å². The van der Waals surface area contributed by atoms with Crippen molar-refractivity contribution in [1.82, 2.24) is 9.80 Å². The summed E-state index contributed by atoms with van der Waals surface area (Å²) in [4.78, 5) is 29.2. The van der Waals surface area contributed by atoms with E-state index in [0.717, 1.165) is 36.9 Å². The van der Waals surface area contributed by atoms with E-state index >= 15 is 0 Å². The molecular weight excluding hydrogens is 576 g/mol. The summed E-state index contributed by atoms with van der Waals surface area (Å²) in [6.45, 7) is 3.11. The molecule has 1 aliphatic rings. The Morgan fingerprint density at radius 1 is 1.03 bits per heavy atom. The Morgan fingerprint density at radius 3 is 2.49 bits per heavy atom. The number of methoxy groups -OCH3 is 1. The van der Waals surface area contributed by atoms with Gasteiger partial charge in [-0.05, 0) is 60.9 Å². The number of rotatable bonds is 5. The van der Waals surface area contributed by atoms with Gasteiger partial charge in [0.25, 0.3) is 0 Å². The zero-order valence-electron chi connectivity index (χ0n) is 19.8. The van der Waals surface area contributed by atoms with Crippen LogP contribution >= 0.6 is 31.9 Å². The Labute approximate surface area is 222 Å². The molecule has 0 atom stereocenters. The molecule has 3 aromatic rings. The van der Waals surface area contributed by atoms with Gasteiger partial charge < -0.3 is 19.3 Å². The van der Waals surface area contributed by atoms with Gasteiger partial charge >= 0.3 is 11.8 Å². The molecule has 8 heteroatoms. The number of halogens is 2. The SMILES string of the molecule is COc1cc(Br)c2c(c1)CCN(C(=O)C(=O)N(C)Cc1ccc(Br)cc1Oc1ccc(C)cc1)C2. The molecule has 6 nitrogen and oxygen atoms in total. The predicted octanol–water partition coefficient (Wildman–Crippen LogP) is 5.86. The molecule has 182 valence electrons. The van der Waals surface area contributed by atoms with Gasteiger partial charge in [0, 0.05) is 41.2 Å². The van der Waals surface area contributed by atoms with Gasteiger partial charge in [0.05, 0.1) is 7.11 Å². The molecular formula is C27H26Br2N2O4. The zero-order chi connectivity index (χ0) is 25.1. The maximum absolute atomic E-state index is 13.1. The number of aryl methyl sites for hydroxylation is 1. The monoisotopic (exact) mass is 600 g/mol. The van der Waals surface area contributed by atoms with Crippen LogP contribution in [0.2, 0.25) is 0 Å². The minimum atomic E-state index is -0.553. The molecule has 0 unspecified atom stereocenters. The highest BCUT2D eigenvalue weighted by molar-refractivity contribution is 9.10. The van der Waals surface area contributed by atoms with Crippen LogP contribution < -0.4 is 9.47 Å². The average Bonchev–Trinajstić information content (AvgIpc) is 2.85. The number of likely N-dealkylation sites (N-methyl/N-ethyl adjacent to an activating group) is 1. The third-order valence-corrected chi connectivity index (χ3v) is 7.20. The summed E-state index contributed by atoms with van der Waals surface area (Å²) in [7, 11) is 3.26. The number of ether oxygens (including phenoxy) is 2.